The van der Waals surface area contributed by atoms with Crippen LogP contribution in [-0.4, -0.2) is 17.1 Å². The number of aryl methyl sites for hydroxylation is 1. The van der Waals surface area contributed by atoms with Gasteiger partial charge >= 0.3 is 0 Å². The quantitative estimate of drug-likeness (QED) is 0.845. The Bertz CT molecular complexity index is 482. The van der Waals surface area contributed by atoms with Crippen molar-refractivity contribution in [2.75, 3.05) is 7.11 Å². The molecule has 0 aliphatic heterocycles. The standard InChI is InChI=1S/C11H13N3O2/c1-7-5-8(6-16-7)9(12)10-11(15-2)14-4-3-13-10/h3-6,9H,12H2,1-2H3. The van der Waals surface area contributed by atoms with Crippen LogP contribution in [0.3, 0.4) is 0 Å². The number of hydrogen-bond acceptors (Lipinski definition) is 5. The summed E-state index contributed by atoms with van der Waals surface area (Å²) in [6, 6.07) is 1.49. The maximum atomic E-state index is 6.06. The van der Waals surface area contributed by atoms with Crippen molar-refractivity contribution in [2.45, 2.75) is 13.0 Å². The van der Waals surface area contributed by atoms with Crippen molar-refractivity contribution in [1.82, 2.24) is 9.97 Å². The number of nitrogens with zero attached hydrogens (tertiary/aromatic N) is 2. The Morgan fingerprint density at radius 3 is 2.75 bits per heavy atom. The van der Waals surface area contributed by atoms with Crippen molar-refractivity contribution in [3.05, 3.63) is 41.7 Å². The highest BCUT2D eigenvalue weighted by Gasteiger charge is 2.17. The number of aromatic nitrogens is 2. The largest absolute Gasteiger partial charge is 0.480 e. The van der Waals surface area contributed by atoms with E-state index < -0.39 is 0 Å². The van der Waals surface area contributed by atoms with Gasteiger partial charge < -0.3 is 14.9 Å². The van der Waals surface area contributed by atoms with Crippen molar-refractivity contribution in [2.24, 2.45) is 5.73 Å². The first-order chi connectivity index (χ1) is 7.72. The van der Waals surface area contributed by atoms with Crippen LogP contribution in [0.5, 0.6) is 5.88 Å². The van der Waals surface area contributed by atoms with Crippen LogP contribution in [0.2, 0.25) is 0 Å². The molecule has 5 nitrogen and oxygen atoms in total. The van der Waals surface area contributed by atoms with Gasteiger partial charge in [0.1, 0.15) is 11.5 Å². The summed E-state index contributed by atoms with van der Waals surface area (Å²) in [4.78, 5) is 8.24. The monoisotopic (exact) mass is 219 g/mol. The van der Waals surface area contributed by atoms with Crippen LogP contribution in [0.25, 0.3) is 0 Å². The van der Waals surface area contributed by atoms with Gasteiger partial charge in [-0.3, -0.25) is 4.98 Å². The van der Waals surface area contributed by atoms with E-state index in [0.29, 0.717) is 11.6 Å². The van der Waals surface area contributed by atoms with Crippen LogP contribution in [0.4, 0.5) is 0 Å². The zero-order valence-corrected chi connectivity index (χ0v) is 9.18. The summed E-state index contributed by atoms with van der Waals surface area (Å²) < 4.78 is 10.3. The van der Waals surface area contributed by atoms with Crippen LogP contribution >= 0.6 is 0 Å². The topological polar surface area (TPSA) is 74.2 Å². The lowest BCUT2D eigenvalue weighted by Gasteiger charge is -2.11. The third-order valence-electron chi connectivity index (χ3n) is 2.29. The van der Waals surface area contributed by atoms with Crippen molar-refractivity contribution in [3.63, 3.8) is 0 Å². The van der Waals surface area contributed by atoms with Gasteiger partial charge in [0.2, 0.25) is 5.88 Å². The Balaban J connectivity index is 2.36. The number of nitrogens with two attached hydrogens (primary N) is 1. The smallest absolute Gasteiger partial charge is 0.237 e. The van der Waals surface area contributed by atoms with E-state index in [0.717, 1.165) is 11.3 Å². The molecule has 0 saturated carbocycles. The van der Waals surface area contributed by atoms with Crippen molar-refractivity contribution < 1.29 is 9.15 Å². The second-order valence-corrected chi connectivity index (χ2v) is 3.42. The van der Waals surface area contributed by atoms with Crippen LogP contribution in [0.15, 0.2) is 29.1 Å². The molecule has 0 spiro atoms. The molecule has 1 unspecified atom stereocenters. The maximum absolute atomic E-state index is 6.06. The molecular formula is C11H13N3O2. The minimum absolute atomic E-state index is 0.388. The summed E-state index contributed by atoms with van der Waals surface area (Å²) in [5.74, 6) is 1.25. The van der Waals surface area contributed by atoms with E-state index in [4.69, 9.17) is 14.9 Å². The molecule has 0 radical (unpaired) electrons. The van der Waals surface area contributed by atoms with Crippen LogP contribution in [0.1, 0.15) is 23.1 Å². The molecule has 1 atom stereocenters. The fourth-order valence-corrected chi connectivity index (χ4v) is 1.49. The summed E-state index contributed by atoms with van der Waals surface area (Å²) in [5.41, 5.74) is 7.52. The Labute approximate surface area is 93.3 Å². The molecule has 84 valence electrons. The first kappa shape index (κ1) is 10.6. The van der Waals surface area contributed by atoms with Crippen LogP contribution in [-0.2, 0) is 0 Å². The lowest BCUT2D eigenvalue weighted by Crippen LogP contribution is -2.14. The molecule has 0 amide bonds. The number of hydrogen-bond donors (Lipinski definition) is 1. The summed E-state index contributed by atoms with van der Waals surface area (Å²) in [5, 5.41) is 0. The van der Waals surface area contributed by atoms with Crippen molar-refractivity contribution in [3.8, 4) is 5.88 Å². The minimum atomic E-state index is -0.388. The molecule has 16 heavy (non-hydrogen) atoms. The molecule has 2 aromatic heterocycles. The molecular weight excluding hydrogens is 206 g/mol. The van der Waals surface area contributed by atoms with Gasteiger partial charge in [-0.25, -0.2) is 4.98 Å². The molecule has 5 heteroatoms. The van der Waals surface area contributed by atoms with Gasteiger partial charge in [-0.05, 0) is 13.0 Å². The maximum Gasteiger partial charge on any atom is 0.237 e. The molecule has 0 aliphatic carbocycles. The summed E-state index contributed by atoms with van der Waals surface area (Å²) >= 11 is 0. The summed E-state index contributed by atoms with van der Waals surface area (Å²) in [6.45, 7) is 1.87. The average molecular weight is 219 g/mol. The third-order valence-corrected chi connectivity index (χ3v) is 2.29. The van der Waals surface area contributed by atoms with Gasteiger partial charge in [-0.15, -0.1) is 0 Å². The highest BCUT2D eigenvalue weighted by Crippen LogP contribution is 2.25. The molecule has 2 aromatic rings. The summed E-state index contributed by atoms with van der Waals surface area (Å²) in [6.07, 6.45) is 4.77. The van der Waals surface area contributed by atoms with Gasteiger partial charge in [0, 0.05) is 18.0 Å². The van der Waals surface area contributed by atoms with Gasteiger partial charge in [0.15, 0.2) is 0 Å². The molecule has 0 saturated heterocycles. The molecule has 0 fully saturated rings. The Hall–Kier alpha value is -1.88. The first-order valence-corrected chi connectivity index (χ1v) is 4.88. The number of methoxy groups -OCH3 is 1. The van der Waals surface area contributed by atoms with Gasteiger partial charge in [-0.2, -0.15) is 0 Å². The number of ether oxygens (including phenoxy) is 1. The van der Waals surface area contributed by atoms with E-state index in [1.807, 2.05) is 13.0 Å². The lowest BCUT2D eigenvalue weighted by atomic mass is 10.1. The highest BCUT2D eigenvalue weighted by atomic mass is 16.5. The van der Waals surface area contributed by atoms with Gasteiger partial charge in [0.25, 0.3) is 0 Å². The Morgan fingerprint density at radius 2 is 2.12 bits per heavy atom. The molecule has 2 rings (SSSR count). The van der Waals surface area contributed by atoms with E-state index in [1.54, 1.807) is 25.8 Å². The van der Waals surface area contributed by atoms with Crippen LogP contribution < -0.4 is 10.5 Å². The van der Waals surface area contributed by atoms with E-state index in [2.05, 4.69) is 9.97 Å². The number of furan rings is 1. The molecule has 0 aromatic carbocycles. The van der Waals surface area contributed by atoms with Crippen molar-refractivity contribution >= 4 is 0 Å². The van der Waals surface area contributed by atoms with Crippen molar-refractivity contribution in [1.29, 1.82) is 0 Å². The third kappa shape index (κ3) is 1.90. The SMILES string of the molecule is COc1nccnc1C(N)c1coc(C)c1. The normalized spacial score (nSPS) is 12.4. The average Bonchev–Trinajstić information content (AvgIpc) is 2.75. The van der Waals surface area contributed by atoms with E-state index in [1.165, 1.54) is 0 Å². The fraction of sp³-hybridized carbons (Fsp3) is 0.273. The molecule has 2 N–H and O–H groups in total. The van der Waals surface area contributed by atoms with E-state index >= 15 is 0 Å². The highest BCUT2D eigenvalue weighted by molar-refractivity contribution is 5.31. The van der Waals surface area contributed by atoms with E-state index in [-0.39, 0.29) is 6.04 Å². The van der Waals surface area contributed by atoms with Gasteiger partial charge in [0.05, 0.1) is 19.4 Å². The van der Waals surface area contributed by atoms with Gasteiger partial charge in [-0.1, -0.05) is 0 Å². The molecule has 0 aliphatic rings. The zero-order chi connectivity index (χ0) is 11.5. The predicted octanol–water partition coefficient (Wildman–Crippen LogP) is 1.43. The fourth-order valence-electron chi connectivity index (χ4n) is 1.49. The first-order valence-electron chi connectivity index (χ1n) is 4.88. The van der Waals surface area contributed by atoms with E-state index in [9.17, 15) is 0 Å². The second-order valence-electron chi connectivity index (χ2n) is 3.42. The predicted molar refractivity (Wildman–Crippen MR) is 58.1 cm³/mol. The Morgan fingerprint density at radius 1 is 1.38 bits per heavy atom. The lowest BCUT2D eigenvalue weighted by molar-refractivity contribution is 0.387. The molecule has 2 heterocycles. The summed E-state index contributed by atoms with van der Waals surface area (Å²) in [7, 11) is 1.54. The minimum Gasteiger partial charge on any atom is -0.480 e. The van der Waals surface area contributed by atoms with Crippen LogP contribution in [0, 0.1) is 6.92 Å². The number of rotatable bonds is 3. The zero-order valence-electron chi connectivity index (χ0n) is 9.18. The molecule has 0 bridgehead atoms. The second kappa shape index (κ2) is 4.32. The Kier molecular flexibility index (Phi) is 2.87.